The predicted octanol–water partition coefficient (Wildman–Crippen LogP) is 2.30. The molecule has 27 heavy (non-hydrogen) atoms. The minimum Gasteiger partial charge on any atom is -0.303 e. The van der Waals surface area contributed by atoms with Crippen molar-refractivity contribution in [2.45, 2.75) is 33.1 Å². The third-order valence-corrected chi connectivity index (χ3v) is 5.43. The molecule has 2 aliphatic heterocycles. The predicted molar refractivity (Wildman–Crippen MR) is 104 cm³/mol. The number of fused-ring (bicyclic) bond motifs is 1. The molecule has 7 heteroatoms. The van der Waals surface area contributed by atoms with Gasteiger partial charge in [-0.15, -0.1) is 0 Å². The van der Waals surface area contributed by atoms with Gasteiger partial charge in [0.1, 0.15) is 0 Å². The number of urea groups is 1. The van der Waals surface area contributed by atoms with Gasteiger partial charge in [-0.1, -0.05) is 13.8 Å². The van der Waals surface area contributed by atoms with Crippen molar-refractivity contribution in [1.29, 1.82) is 0 Å². The van der Waals surface area contributed by atoms with E-state index >= 15 is 0 Å². The van der Waals surface area contributed by atoms with E-state index in [1.165, 1.54) is 25.1 Å². The highest BCUT2D eigenvalue weighted by Gasteiger charge is 2.27. The zero-order valence-electron chi connectivity index (χ0n) is 16.0. The van der Waals surface area contributed by atoms with E-state index in [2.05, 4.69) is 41.3 Å². The molecule has 0 aliphatic carbocycles. The molecular weight excluding hydrogens is 342 g/mol. The molecule has 2 aliphatic rings. The fourth-order valence-corrected chi connectivity index (χ4v) is 4.24. The smallest absolute Gasteiger partial charge is 0.303 e. The molecule has 1 atom stereocenters. The van der Waals surface area contributed by atoms with E-state index in [0.29, 0.717) is 24.8 Å². The van der Waals surface area contributed by atoms with E-state index in [4.69, 9.17) is 0 Å². The zero-order valence-corrected chi connectivity index (χ0v) is 16.0. The number of hydrogen-bond donors (Lipinski definition) is 1. The number of nitrogens with zero attached hydrogens (tertiary/aromatic N) is 4. The summed E-state index contributed by atoms with van der Waals surface area (Å²) >= 11 is 0. The molecular formula is C20H27N5O2. The first kappa shape index (κ1) is 18.0. The molecule has 0 radical (unpaired) electrons. The van der Waals surface area contributed by atoms with Gasteiger partial charge in [0.2, 0.25) is 5.91 Å². The summed E-state index contributed by atoms with van der Waals surface area (Å²) in [6, 6.07) is 3.89. The average molecular weight is 369 g/mol. The van der Waals surface area contributed by atoms with Crippen molar-refractivity contribution in [3.8, 4) is 0 Å². The largest absolute Gasteiger partial charge is 0.328 e. The number of pyridine rings is 1. The molecule has 3 amide bonds. The molecule has 0 saturated carbocycles. The van der Waals surface area contributed by atoms with E-state index in [0.717, 1.165) is 24.2 Å². The van der Waals surface area contributed by atoms with Crippen LogP contribution in [0.15, 0.2) is 24.5 Å². The number of anilines is 1. The Morgan fingerprint density at radius 1 is 1.30 bits per heavy atom. The molecule has 144 valence electrons. The van der Waals surface area contributed by atoms with Crippen molar-refractivity contribution in [3.63, 3.8) is 0 Å². The number of aromatic nitrogens is 2. The highest BCUT2D eigenvalue weighted by Crippen LogP contribution is 2.27. The molecule has 2 aromatic rings. The number of nitrogens with one attached hydrogen (secondary N) is 1. The van der Waals surface area contributed by atoms with Crippen molar-refractivity contribution in [1.82, 2.24) is 19.8 Å². The molecule has 4 heterocycles. The lowest BCUT2D eigenvalue weighted by Gasteiger charge is -2.25. The minimum absolute atomic E-state index is 0.222. The highest BCUT2D eigenvalue weighted by atomic mass is 16.2. The Bertz CT molecular complexity index is 859. The van der Waals surface area contributed by atoms with Gasteiger partial charge in [-0.3, -0.25) is 15.0 Å². The Morgan fingerprint density at radius 2 is 2.15 bits per heavy atom. The van der Waals surface area contributed by atoms with E-state index in [1.807, 2.05) is 6.20 Å². The summed E-state index contributed by atoms with van der Waals surface area (Å²) in [6.07, 6.45) is 6.26. The van der Waals surface area contributed by atoms with Gasteiger partial charge in [-0.05, 0) is 48.9 Å². The van der Waals surface area contributed by atoms with E-state index < -0.39 is 0 Å². The van der Waals surface area contributed by atoms with Crippen LogP contribution in [0.2, 0.25) is 0 Å². The summed E-state index contributed by atoms with van der Waals surface area (Å²) in [4.78, 5) is 27.8. The molecule has 0 spiro atoms. The molecule has 2 saturated heterocycles. The lowest BCUT2D eigenvalue weighted by molar-refractivity contribution is -0.120. The summed E-state index contributed by atoms with van der Waals surface area (Å²) in [5.74, 6) is 1.16. The lowest BCUT2D eigenvalue weighted by Crippen LogP contribution is -2.49. The van der Waals surface area contributed by atoms with Gasteiger partial charge in [-0.25, -0.2) is 9.31 Å². The second-order valence-corrected chi connectivity index (χ2v) is 8.16. The maximum absolute atomic E-state index is 12.2. The van der Waals surface area contributed by atoms with Gasteiger partial charge in [0.05, 0.1) is 17.4 Å². The van der Waals surface area contributed by atoms with E-state index in [9.17, 15) is 9.59 Å². The number of rotatable bonds is 5. The summed E-state index contributed by atoms with van der Waals surface area (Å²) < 4.78 is 1.79. The normalized spacial score (nSPS) is 21.4. The topological polar surface area (TPSA) is 70.0 Å². The third kappa shape index (κ3) is 3.83. The monoisotopic (exact) mass is 369 g/mol. The standard InChI is InChI=1S/C20H27N5O2/c1-14(2)12-23-6-3-16(13-23)9-15-4-8-25-17(10-15)18(11-21-25)24-7-5-19(26)22-20(24)27/h4,8,10-11,14,16H,3,5-7,9,12-13H2,1-2H3,(H,22,26,27). The van der Waals surface area contributed by atoms with Crippen molar-refractivity contribution in [2.75, 3.05) is 31.1 Å². The first-order valence-corrected chi connectivity index (χ1v) is 9.79. The summed E-state index contributed by atoms with van der Waals surface area (Å²) in [7, 11) is 0. The Morgan fingerprint density at radius 3 is 2.93 bits per heavy atom. The molecule has 0 bridgehead atoms. The SMILES string of the molecule is CC(C)CN1CCC(Cc2ccn3ncc(N4CCC(=O)NC4=O)c3c2)C1. The lowest BCUT2D eigenvalue weighted by atomic mass is 9.99. The number of hydrogen-bond acceptors (Lipinski definition) is 4. The van der Waals surface area contributed by atoms with Gasteiger partial charge in [0.25, 0.3) is 0 Å². The third-order valence-electron chi connectivity index (χ3n) is 5.43. The Labute approximate surface area is 159 Å². The zero-order chi connectivity index (χ0) is 19.0. The second kappa shape index (κ2) is 7.31. The fraction of sp³-hybridized carbons (Fsp3) is 0.550. The Balaban J connectivity index is 1.51. The van der Waals surface area contributed by atoms with Crippen molar-refractivity contribution >= 4 is 23.1 Å². The van der Waals surface area contributed by atoms with Crippen LogP contribution in [0.1, 0.15) is 32.3 Å². The van der Waals surface area contributed by atoms with Crippen LogP contribution in [-0.4, -0.2) is 52.6 Å². The van der Waals surface area contributed by atoms with E-state index in [-0.39, 0.29) is 11.9 Å². The van der Waals surface area contributed by atoms with Gasteiger partial charge in [0.15, 0.2) is 0 Å². The fourth-order valence-electron chi connectivity index (χ4n) is 4.24. The summed E-state index contributed by atoms with van der Waals surface area (Å²) in [5, 5.41) is 6.75. The minimum atomic E-state index is -0.369. The van der Waals surface area contributed by atoms with Gasteiger partial charge in [-0.2, -0.15) is 5.10 Å². The van der Waals surface area contributed by atoms with Crippen molar-refractivity contribution < 1.29 is 9.59 Å². The van der Waals surface area contributed by atoms with Crippen LogP contribution in [-0.2, 0) is 11.2 Å². The number of carbonyl (C=O) groups excluding carboxylic acids is 2. The van der Waals surface area contributed by atoms with Crippen LogP contribution >= 0.6 is 0 Å². The molecule has 2 aromatic heterocycles. The van der Waals surface area contributed by atoms with Crippen LogP contribution in [0.5, 0.6) is 0 Å². The summed E-state index contributed by atoms with van der Waals surface area (Å²) in [5.41, 5.74) is 2.94. The molecule has 7 nitrogen and oxygen atoms in total. The second-order valence-electron chi connectivity index (χ2n) is 8.16. The summed E-state index contributed by atoms with van der Waals surface area (Å²) in [6.45, 7) is 8.45. The van der Waals surface area contributed by atoms with Gasteiger partial charge < -0.3 is 4.90 Å². The van der Waals surface area contributed by atoms with Crippen LogP contribution in [0, 0.1) is 11.8 Å². The van der Waals surface area contributed by atoms with E-state index in [1.54, 1.807) is 15.6 Å². The molecule has 2 fully saturated rings. The Hall–Kier alpha value is -2.41. The van der Waals surface area contributed by atoms with Crippen LogP contribution < -0.4 is 10.2 Å². The highest BCUT2D eigenvalue weighted by molar-refractivity contribution is 6.07. The van der Waals surface area contributed by atoms with Crippen molar-refractivity contribution in [3.05, 3.63) is 30.1 Å². The Kier molecular flexibility index (Phi) is 4.86. The number of carbonyl (C=O) groups is 2. The number of amides is 3. The average Bonchev–Trinajstić information content (AvgIpc) is 3.21. The molecule has 4 rings (SSSR count). The first-order chi connectivity index (χ1) is 13.0. The van der Waals surface area contributed by atoms with Gasteiger partial charge in [0, 0.05) is 32.3 Å². The van der Waals surface area contributed by atoms with Crippen molar-refractivity contribution in [2.24, 2.45) is 11.8 Å². The quantitative estimate of drug-likeness (QED) is 0.878. The van der Waals surface area contributed by atoms with Crippen LogP contribution in [0.4, 0.5) is 10.5 Å². The molecule has 1 N–H and O–H groups in total. The maximum Gasteiger partial charge on any atom is 0.328 e. The molecule has 0 aromatic carbocycles. The first-order valence-electron chi connectivity index (χ1n) is 9.79. The molecule has 1 unspecified atom stereocenters. The maximum atomic E-state index is 12.2. The number of imide groups is 1. The number of likely N-dealkylation sites (tertiary alicyclic amines) is 1. The van der Waals surface area contributed by atoms with Crippen LogP contribution in [0.25, 0.3) is 5.52 Å². The van der Waals surface area contributed by atoms with Crippen LogP contribution in [0.3, 0.4) is 0 Å². The van der Waals surface area contributed by atoms with Gasteiger partial charge >= 0.3 is 6.03 Å².